The number of Topliss-reactive ketones (excluding diaryl/α,β-unsaturated/α-hetero) is 1. The summed E-state index contributed by atoms with van der Waals surface area (Å²) >= 11 is 0. The fourth-order valence-electron chi connectivity index (χ4n) is 5.80. The number of aliphatic imine (C=N–C) groups is 1. The monoisotopic (exact) mass is 553 g/mol. The molecule has 0 amide bonds. The molecule has 7 nitrogen and oxygen atoms in total. The number of hydrogen-bond donors (Lipinski definition) is 0. The molecular formula is C34H35NO6. The maximum atomic E-state index is 13.9. The van der Waals surface area contributed by atoms with Crippen molar-refractivity contribution in [1.29, 1.82) is 0 Å². The highest BCUT2D eigenvalue weighted by molar-refractivity contribution is 6.09. The molecule has 41 heavy (non-hydrogen) atoms. The van der Waals surface area contributed by atoms with Crippen LogP contribution in [0.4, 0.5) is 0 Å². The number of carbonyl (C=O) groups is 2. The summed E-state index contributed by atoms with van der Waals surface area (Å²) in [6, 6.07) is 23.3. The number of esters is 1. The van der Waals surface area contributed by atoms with Gasteiger partial charge in [-0.3, -0.25) is 14.6 Å². The van der Waals surface area contributed by atoms with Crippen molar-refractivity contribution in [3.8, 4) is 17.2 Å². The summed E-state index contributed by atoms with van der Waals surface area (Å²) in [6.07, 6.45) is 0.938. The lowest BCUT2D eigenvalue weighted by molar-refractivity contribution is -0.146. The molecule has 3 aromatic carbocycles. The smallest absolute Gasteiger partial charge is 0.315 e. The highest BCUT2D eigenvalue weighted by atomic mass is 16.5. The molecule has 0 saturated heterocycles. The van der Waals surface area contributed by atoms with Crippen LogP contribution in [0, 0.1) is 5.92 Å². The van der Waals surface area contributed by atoms with Gasteiger partial charge in [0, 0.05) is 29.3 Å². The predicted molar refractivity (Wildman–Crippen MR) is 157 cm³/mol. The Kier molecular flexibility index (Phi) is 8.53. The SMILES string of the molecule is CCOC(=O)C1C(C)=NC2=C(C(=O)C[C@@H](c3ccc(OC)cc3)C2)[C@@H]1c1ccc(OCc2ccccc2)c(OC)c1. The average Bonchev–Trinajstić information content (AvgIpc) is 2.99. The fraction of sp³-hybridized carbons (Fsp3) is 0.324. The summed E-state index contributed by atoms with van der Waals surface area (Å²) in [7, 11) is 3.22. The van der Waals surface area contributed by atoms with Crippen LogP contribution in [0.25, 0.3) is 0 Å². The lowest BCUT2D eigenvalue weighted by atomic mass is 9.69. The van der Waals surface area contributed by atoms with E-state index in [-0.39, 0.29) is 18.3 Å². The van der Waals surface area contributed by atoms with Crippen LogP contribution in [-0.2, 0) is 20.9 Å². The summed E-state index contributed by atoms with van der Waals surface area (Å²) in [5.41, 5.74) is 4.83. The second-order valence-corrected chi connectivity index (χ2v) is 10.3. The van der Waals surface area contributed by atoms with Crippen molar-refractivity contribution < 1.29 is 28.5 Å². The summed E-state index contributed by atoms with van der Waals surface area (Å²) in [5.74, 6) is 0.223. The average molecular weight is 554 g/mol. The molecule has 0 aromatic heterocycles. The molecule has 1 aliphatic heterocycles. The van der Waals surface area contributed by atoms with Crippen molar-refractivity contribution in [3.05, 3.63) is 101 Å². The molecule has 0 radical (unpaired) electrons. The molecule has 0 fully saturated rings. The van der Waals surface area contributed by atoms with E-state index < -0.39 is 17.8 Å². The third-order valence-corrected chi connectivity index (χ3v) is 7.80. The predicted octanol–water partition coefficient (Wildman–Crippen LogP) is 6.42. The van der Waals surface area contributed by atoms with Gasteiger partial charge in [-0.15, -0.1) is 0 Å². The van der Waals surface area contributed by atoms with Crippen LogP contribution in [0.15, 0.2) is 89.1 Å². The number of ketones is 1. The van der Waals surface area contributed by atoms with Crippen LogP contribution in [0.5, 0.6) is 17.2 Å². The highest BCUT2D eigenvalue weighted by Gasteiger charge is 2.45. The van der Waals surface area contributed by atoms with Crippen molar-refractivity contribution >= 4 is 17.5 Å². The van der Waals surface area contributed by atoms with E-state index in [4.69, 9.17) is 23.9 Å². The molecule has 1 unspecified atom stereocenters. The lowest BCUT2D eigenvalue weighted by Crippen LogP contribution is -2.38. The van der Waals surface area contributed by atoms with Gasteiger partial charge >= 0.3 is 5.97 Å². The number of allylic oxidation sites excluding steroid dienone is 2. The summed E-state index contributed by atoms with van der Waals surface area (Å²) < 4.78 is 22.6. The van der Waals surface area contributed by atoms with Crippen molar-refractivity contribution in [2.24, 2.45) is 10.9 Å². The van der Waals surface area contributed by atoms with Gasteiger partial charge in [-0.05, 0) is 67.1 Å². The molecule has 3 aromatic rings. The molecule has 3 atom stereocenters. The van der Waals surface area contributed by atoms with Crippen LogP contribution in [0.2, 0.25) is 0 Å². The standard InChI is InChI=1S/C34H35NO6/c1-5-40-34(37)31-21(2)35-27-17-25(23-11-14-26(38-3)15-12-23)18-28(36)33(27)32(31)24-13-16-29(30(19-24)39-4)41-20-22-9-7-6-8-10-22/h6-16,19,25,31-32H,5,17-18,20H2,1-4H3/t25-,31?,32+/m0/s1. The Morgan fingerprint density at radius 1 is 0.902 bits per heavy atom. The highest BCUT2D eigenvalue weighted by Crippen LogP contribution is 2.48. The van der Waals surface area contributed by atoms with Gasteiger partial charge < -0.3 is 18.9 Å². The summed E-state index contributed by atoms with van der Waals surface area (Å²) in [5, 5.41) is 0. The minimum absolute atomic E-state index is 0.00759. The number of methoxy groups -OCH3 is 2. The first-order valence-corrected chi connectivity index (χ1v) is 13.9. The van der Waals surface area contributed by atoms with Gasteiger partial charge in [-0.1, -0.05) is 48.5 Å². The number of benzene rings is 3. The molecule has 212 valence electrons. The van der Waals surface area contributed by atoms with Gasteiger partial charge in [0.2, 0.25) is 0 Å². The quantitative estimate of drug-likeness (QED) is 0.284. The van der Waals surface area contributed by atoms with Gasteiger partial charge in [-0.2, -0.15) is 0 Å². The first-order chi connectivity index (χ1) is 19.9. The Morgan fingerprint density at radius 2 is 1.63 bits per heavy atom. The maximum Gasteiger partial charge on any atom is 0.315 e. The molecule has 1 heterocycles. The van der Waals surface area contributed by atoms with Crippen molar-refractivity contribution in [2.45, 2.75) is 45.1 Å². The third kappa shape index (κ3) is 5.89. The van der Waals surface area contributed by atoms with Crippen LogP contribution in [-0.4, -0.2) is 38.3 Å². The van der Waals surface area contributed by atoms with Crippen LogP contribution < -0.4 is 14.2 Å². The lowest BCUT2D eigenvalue weighted by Gasteiger charge is -2.36. The Morgan fingerprint density at radius 3 is 2.32 bits per heavy atom. The van der Waals surface area contributed by atoms with E-state index in [9.17, 15) is 9.59 Å². The zero-order chi connectivity index (χ0) is 28.9. The minimum atomic E-state index is -0.712. The van der Waals surface area contributed by atoms with Crippen molar-refractivity contribution in [2.75, 3.05) is 20.8 Å². The van der Waals surface area contributed by atoms with Crippen LogP contribution >= 0.6 is 0 Å². The largest absolute Gasteiger partial charge is 0.497 e. The first-order valence-electron chi connectivity index (χ1n) is 13.9. The summed E-state index contributed by atoms with van der Waals surface area (Å²) in [4.78, 5) is 32.0. The number of rotatable bonds is 9. The van der Waals surface area contributed by atoms with Crippen molar-refractivity contribution in [1.82, 2.24) is 0 Å². The zero-order valence-corrected chi connectivity index (χ0v) is 23.9. The van der Waals surface area contributed by atoms with Crippen LogP contribution in [0.3, 0.4) is 0 Å². The topological polar surface area (TPSA) is 83.4 Å². The maximum absolute atomic E-state index is 13.9. The van der Waals surface area contributed by atoms with Gasteiger partial charge in [-0.25, -0.2) is 0 Å². The Labute approximate surface area is 240 Å². The molecular weight excluding hydrogens is 518 g/mol. The van der Waals surface area contributed by atoms with Gasteiger partial charge in [0.05, 0.1) is 20.8 Å². The van der Waals surface area contributed by atoms with E-state index in [1.54, 1.807) is 21.1 Å². The Bertz CT molecular complexity index is 1470. The molecule has 0 N–H and O–H groups in total. The van der Waals surface area contributed by atoms with E-state index >= 15 is 0 Å². The van der Waals surface area contributed by atoms with E-state index in [0.29, 0.717) is 42.2 Å². The number of ether oxygens (including phenoxy) is 4. The Balaban J connectivity index is 1.51. The number of nitrogens with zero attached hydrogens (tertiary/aromatic N) is 1. The molecule has 7 heteroatoms. The van der Waals surface area contributed by atoms with Gasteiger partial charge in [0.25, 0.3) is 0 Å². The normalized spacial score (nSPS) is 20.1. The van der Waals surface area contributed by atoms with Crippen LogP contribution in [0.1, 0.15) is 55.2 Å². The van der Waals surface area contributed by atoms with E-state index in [1.807, 2.05) is 79.7 Å². The van der Waals surface area contributed by atoms with E-state index in [1.165, 1.54) is 0 Å². The zero-order valence-electron chi connectivity index (χ0n) is 23.9. The first kappa shape index (κ1) is 28.1. The van der Waals surface area contributed by atoms with Gasteiger partial charge in [0.15, 0.2) is 17.3 Å². The number of carbonyl (C=O) groups excluding carboxylic acids is 2. The number of hydrogen-bond acceptors (Lipinski definition) is 7. The second-order valence-electron chi connectivity index (χ2n) is 10.3. The third-order valence-electron chi connectivity index (χ3n) is 7.80. The molecule has 5 rings (SSSR count). The molecule has 0 saturated carbocycles. The summed E-state index contributed by atoms with van der Waals surface area (Å²) in [6.45, 7) is 4.25. The Hall–Kier alpha value is -4.39. The second kappa shape index (κ2) is 12.4. The minimum Gasteiger partial charge on any atom is -0.497 e. The molecule has 0 bridgehead atoms. The molecule has 1 aliphatic carbocycles. The van der Waals surface area contributed by atoms with E-state index in [0.717, 1.165) is 28.1 Å². The molecule has 0 spiro atoms. The van der Waals surface area contributed by atoms with Gasteiger partial charge in [0.1, 0.15) is 18.3 Å². The molecule has 2 aliphatic rings. The fourth-order valence-corrected chi connectivity index (χ4v) is 5.80. The van der Waals surface area contributed by atoms with E-state index in [2.05, 4.69) is 0 Å². The van der Waals surface area contributed by atoms with Crippen molar-refractivity contribution in [3.63, 3.8) is 0 Å².